The molecule has 0 aliphatic carbocycles. The summed E-state index contributed by atoms with van der Waals surface area (Å²) in [5, 5.41) is 30.4. The second kappa shape index (κ2) is 8.67. The first-order valence-corrected chi connectivity index (χ1v) is 8.71. The Bertz CT molecular complexity index is 951. The van der Waals surface area contributed by atoms with E-state index >= 15 is 0 Å². The van der Waals surface area contributed by atoms with E-state index in [-0.39, 0.29) is 48.9 Å². The number of aliphatic hydroxyl groups is 2. The predicted molar refractivity (Wildman–Crippen MR) is 98.1 cm³/mol. The first kappa shape index (κ1) is 20.2. The molecule has 10 heteroatoms. The number of benzene rings is 1. The van der Waals surface area contributed by atoms with Gasteiger partial charge in [0.05, 0.1) is 42.6 Å². The summed E-state index contributed by atoms with van der Waals surface area (Å²) >= 11 is 0. The zero-order valence-electron chi connectivity index (χ0n) is 15.2. The number of furan rings is 1. The zero-order chi connectivity index (χ0) is 21.0. The van der Waals surface area contributed by atoms with Crippen molar-refractivity contribution in [2.75, 3.05) is 26.4 Å². The van der Waals surface area contributed by atoms with Crippen molar-refractivity contribution in [1.82, 2.24) is 4.90 Å². The van der Waals surface area contributed by atoms with E-state index in [1.54, 1.807) is 0 Å². The normalized spacial score (nSPS) is 16.5. The topological polar surface area (TPSA) is 143 Å². The van der Waals surface area contributed by atoms with Crippen LogP contribution < -0.4 is 0 Å². The van der Waals surface area contributed by atoms with E-state index in [4.69, 9.17) is 14.3 Å². The fourth-order valence-corrected chi connectivity index (χ4v) is 3.14. The van der Waals surface area contributed by atoms with Gasteiger partial charge in [-0.1, -0.05) is 12.1 Å². The largest absolute Gasteiger partial charge is 0.503 e. The number of aliphatic hydroxyl groups excluding tert-OH is 2. The Morgan fingerprint density at radius 3 is 2.72 bits per heavy atom. The SMILES string of the molecule is O=C(C1=C(O)C(=O)N(CCOCCO)[C@H]1c1cccc([N+](=O)[O-])c1)c1ccco1. The molecule has 152 valence electrons. The average Bonchev–Trinajstić information content (AvgIpc) is 3.33. The maximum Gasteiger partial charge on any atom is 0.290 e. The molecule has 2 heterocycles. The van der Waals surface area contributed by atoms with Gasteiger partial charge in [-0.3, -0.25) is 19.7 Å². The van der Waals surface area contributed by atoms with Crippen LogP contribution in [-0.4, -0.2) is 58.1 Å². The van der Waals surface area contributed by atoms with Crippen molar-refractivity contribution in [2.24, 2.45) is 0 Å². The highest BCUT2D eigenvalue weighted by Crippen LogP contribution is 2.39. The number of ether oxygens (including phenoxy) is 1. The summed E-state index contributed by atoms with van der Waals surface area (Å²) in [7, 11) is 0. The Morgan fingerprint density at radius 1 is 1.28 bits per heavy atom. The number of carbonyl (C=O) groups is 2. The van der Waals surface area contributed by atoms with Crippen LogP contribution in [0.15, 0.2) is 58.4 Å². The number of amides is 1. The predicted octanol–water partition coefficient (Wildman–Crippen LogP) is 1.77. The van der Waals surface area contributed by atoms with Crippen molar-refractivity contribution < 1.29 is 33.9 Å². The van der Waals surface area contributed by atoms with E-state index in [0.29, 0.717) is 0 Å². The fourth-order valence-electron chi connectivity index (χ4n) is 3.14. The standard InChI is InChI=1S/C19H18N2O8/c22-7-10-28-9-6-20-16(12-3-1-4-13(11-12)21(26)27)15(18(24)19(20)25)17(23)14-5-2-8-29-14/h1-5,8,11,16,22,24H,6-7,9-10H2/t16-/m0/s1. The van der Waals surface area contributed by atoms with Gasteiger partial charge >= 0.3 is 0 Å². The van der Waals surface area contributed by atoms with E-state index in [2.05, 4.69) is 0 Å². The number of rotatable bonds is 9. The minimum atomic E-state index is -1.06. The molecular weight excluding hydrogens is 384 g/mol. The van der Waals surface area contributed by atoms with Gasteiger partial charge in [0.2, 0.25) is 5.78 Å². The third kappa shape index (κ3) is 4.03. The third-order valence-electron chi connectivity index (χ3n) is 4.40. The lowest BCUT2D eigenvalue weighted by molar-refractivity contribution is -0.384. The number of nitro groups is 1. The lowest BCUT2D eigenvalue weighted by atomic mass is 9.95. The van der Waals surface area contributed by atoms with Gasteiger partial charge in [0.25, 0.3) is 11.6 Å². The summed E-state index contributed by atoms with van der Waals surface area (Å²) in [4.78, 5) is 37.3. The lowest BCUT2D eigenvalue weighted by Gasteiger charge is -2.26. The number of ketones is 1. The van der Waals surface area contributed by atoms with Crippen LogP contribution in [0.25, 0.3) is 0 Å². The Balaban J connectivity index is 2.02. The van der Waals surface area contributed by atoms with Crippen LogP contribution in [0.5, 0.6) is 0 Å². The molecule has 29 heavy (non-hydrogen) atoms. The highest BCUT2D eigenvalue weighted by atomic mass is 16.6. The Morgan fingerprint density at radius 2 is 2.07 bits per heavy atom. The zero-order valence-corrected chi connectivity index (χ0v) is 15.2. The quantitative estimate of drug-likeness (QED) is 0.280. The summed E-state index contributed by atoms with van der Waals surface area (Å²) in [6.45, 7) is -0.118. The summed E-state index contributed by atoms with van der Waals surface area (Å²) in [6.07, 6.45) is 1.28. The molecular formula is C19H18N2O8. The lowest BCUT2D eigenvalue weighted by Crippen LogP contribution is -2.34. The van der Waals surface area contributed by atoms with Crippen molar-refractivity contribution in [3.63, 3.8) is 0 Å². The average molecular weight is 402 g/mol. The van der Waals surface area contributed by atoms with Crippen molar-refractivity contribution >= 4 is 17.4 Å². The first-order valence-electron chi connectivity index (χ1n) is 8.71. The minimum absolute atomic E-state index is 0.00874. The number of non-ortho nitro benzene ring substituents is 1. The second-order valence-corrected chi connectivity index (χ2v) is 6.16. The molecule has 10 nitrogen and oxygen atoms in total. The number of hydrogen-bond donors (Lipinski definition) is 2. The van der Waals surface area contributed by atoms with Crippen LogP contribution in [0.1, 0.15) is 22.2 Å². The Hall–Kier alpha value is -3.50. The van der Waals surface area contributed by atoms with E-state index in [0.717, 1.165) is 0 Å². The summed E-state index contributed by atoms with van der Waals surface area (Å²) in [5.74, 6) is -2.32. The van der Waals surface area contributed by atoms with Gasteiger partial charge in [0.15, 0.2) is 11.5 Å². The van der Waals surface area contributed by atoms with Crippen molar-refractivity contribution in [2.45, 2.75) is 6.04 Å². The van der Waals surface area contributed by atoms with Crippen LogP contribution in [0, 0.1) is 10.1 Å². The third-order valence-corrected chi connectivity index (χ3v) is 4.40. The summed E-state index contributed by atoms with van der Waals surface area (Å²) in [5.41, 5.74) is -0.163. The Labute approximate surface area is 164 Å². The number of Topliss-reactive ketones (excluding diaryl/α,β-unsaturated/α-hetero) is 1. The number of hydrogen-bond acceptors (Lipinski definition) is 8. The van der Waals surface area contributed by atoms with Gasteiger partial charge in [0, 0.05) is 18.7 Å². The van der Waals surface area contributed by atoms with E-state index < -0.39 is 28.4 Å². The van der Waals surface area contributed by atoms with Crippen LogP contribution >= 0.6 is 0 Å². The van der Waals surface area contributed by atoms with Gasteiger partial charge < -0.3 is 24.3 Å². The second-order valence-electron chi connectivity index (χ2n) is 6.16. The molecule has 0 saturated carbocycles. The minimum Gasteiger partial charge on any atom is -0.503 e. The molecule has 0 saturated heterocycles. The van der Waals surface area contributed by atoms with Crippen LogP contribution in [0.2, 0.25) is 0 Å². The highest BCUT2D eigenvalue weighted by molar-refractivity contribution is 6.15. The highest BCUT2D eigenvalue weighted by Gasteiger charge is 2.44. The molecule has 1 aromatic heterocycles. The molecule has 3 rings (SSSR count). The number of nitrogens with zero attached hydrogens (tertiary/aromatic N) is 2. The van der Waals surface area contributed by atoms with Crippen LogP contribution in [-0.2, 0) is 9.53 Å². The van der Waals surface area contributed by atoms with Gasteiger partial charge in [-0.25, -0.2) is 0 Å². The van der Waals surface area contributed by atoms with Gasteiger partial charge in [0.1, 0.15) is 0 Å². The van der Waals surface area contributed by atoms with Gasteiger partial charge in [-0.2, -0.15) is 0 Å². The maximum atomic E-state index is 12.9. The molecule has 2 aromatic rings. The maximum absolute atomic E-state index is 12.9. The van der Waals surface area contributed by atoms with Crippen molar-refractivity contribution in [1.29, 1.82) is 0 Å². The molecule has 0 spiro atoms. The molecule has 1 aromatic carbocycles. The Kier molecular flexibility index (Phi) is 6.05. The van der Waals surface area contributed by atoms with Crippen LogP contribution in [0.3, 0.4) is 0 Å². The number of carbonyl (C=O) groups excluding carboxylic acids is 2. The van der Waals surface area contributed by atoms with Crippen LogP contribution in [0.4, 0.5) is 5.69 Å². The van der Waals surface area contributed by atoms with E-state index in [1.807, 2.05) is 0 Å². The van der Waals surface area contributed by atoms with Crippen molar-refractivity contribution in [3.8, 4) is 0 Å². The molecule has 1 atom stereocenters. The molecule has 0 unspecified atom stereocenters. The monoisotopic (exact) mass is 402 g/mol. The van der Waals surface area contributed by atoms with E-state index in [1.165, 1.54) is 47.6 Å². The molecule has 1 amide bonds. The molecule has 1 aliphatic rings. The fraction of sp³-hybridized carbons (Fsp3) is 0.263. The summed E-state index contributed by atoms with van der Waals surface area (Å²) in [6, 6.07) is 7.32. The molecule has 0 fully saturated rings. The van der Waals surface area contributed by atoms with Gasteiger partial charge in [-0.05, 0) is 17.7 Å². The smallest absolute Gasteiger partial charge is 0.290 e. The summed E-state index contributed by atoms with van der Waals surface area (Å²) < 4.78 is 10.3. The molecule has 0 bridgehead atoms. The molecule has 0 radical (unpaired) electrons. The van der Waals surface area contributed by atoms with Crippen molar-refractivity contribution in [3.05, 3.63) is 75.4 Å². The molecule has 1 aliphatic heterocycles. The number of nitro benzene ring substituents is 1. The first-order chi connectivity index (χ1) is 14.0. The van der Waals surface area contributed by atoms with E-state index in [9.17, 15) is 24.8 Å². The van der Waals surface area contributed by atoms with Gasteiger partial charge in [-0.15, -0.1) is 0 Å². The molecule has 2 N–H and O–H groups in total.